The van der Waals surface area contributed by atoms with Gasteiger partial charge in [0.05, 0.1) is 0 Å². The van der Waals surface area contributed by atoms with Crippen molar-refractivity contribution in [3.8, 4) is 5.75 Å². The molecule has 0 bridgehead atoms. The highest BCUT2D eigenvalue weighted by Crippen LogP contribution is 2.17. The second-order valence-corrected chi connectivity index (χ2v) is 7.45. The van der Waals surface area contributed by atoms with Crippen LogP contribution in [-0.2, 0) is 9.53 Å². The lowest BCUT2D eigenvalue weighted by molar-refractivity contribution is -0.149. The van der Waals surface area contributed by atoms with Gasteiger partial charge in [-0.25, -0.2) is 4.79 Å². The largest absolute Gasteiger partial charge is 0.508 e. The normalized spacial score (nSPS) is 11.5. The van der Waals surface area contributed by atoms with E-state index in [0.29, 0.717) is 11.3 Å². The van der Waals surface area contributed by atoms with Crippen LogP contribution in [0.3, 0.4) is 0 Å². The Bertz CT molecular complexity index is 820. The Kier molecular flexibility index (Phi) is 8.97. The summed E-state index contributed by atoms with van der Waals surface area (Å²) in [5.74, 6) is -0.0288. The minimum absolute atomic E-state index is 0.298. The summed E-state index contributed by atoms with van der Waals surface area (Å²) in [5.41, 5.74) is 3.51. The molecule has 28 heavy (non-hydrogen) atoms. The molecule has 2 aromatic rings. The molecule has 2 aromatic carbocycles. The fourth-order valence-corrected chi connectivity index (χ4v) is 2.05. The first-order valence-electron chi connectivity index (χ1n) is 9.17. The summed E-state index contributed by atoms with van der Waals surface area (Å²) >= 11 is 0. The Morgan fingerprint density at radius 1 is 1.00 bits per heavy atom. The van der Waals surface area contributed by atoms with Crippen molar-refractivity contribution in [3.05, 3.63) is 90.0 Å². The summed E-state index contributed by atoms with van der Waals surface area (Å²) in [5, 5.41) is 9.23. The van der Waals surface area contributed by atoms with E-state index in [-0.39, 0.29) is 5.97 Å². The topological polar surface area (TPSA) is 46.5 Å². The second kappa shape index (κ2) is 10.9. The van der Waals surface area contributed by atoms with Gasteiger partial charge in [-0.2, -0.15) is 0 Å². The van der Waals surface area contributed by atoms with Crippen molar-refractivity contribution in [2.45, 2.75) is 40.2 Å². The van der Waals surface area contributed by atoms with Gasteiger partial charge in [0.2, 0.25) is 0 Å². The van der Waals surface area contributed by atoms with Crippen LogP contribution in [0.25, 0.3) is 11.6 Å². The number of carbonyl (C=O) groups is 1. The SMILES string of the molecule is C=C(C)C(=O)OC(C)(C)C.CC(=CC=Cc1ccccc1)c1ccc(O)cc1. The lowest BCUT2D eigenvalue weighted by Gasteiger charge is -2.19. The van der Waals surface area contributed by atoms with E-state index in [2.05, 4.69) is 37.8 Å². The molecule has 3 nitrogen and oxygen atoms in total. The molecule has 0 heterocycles. The summed E-state index contributed by atoms with van der Waals surface area (Å²) in [6, 6.07) is 17.4. The molecule has 148 valence electrons. The van der Waals surface area contributed by atoms with Crippen molar-refractivity contribution in [1.29, 1.82) is 0 Å². The van der Waals surface area contributed by atoms with E-state index in [1.54, 1.807) is 19.1 Å². The third-order valence-electron chi connectivity index (χ3n) is 3.50. The molecule has 0 aliphatic rings. The zero-order chi connectivity index (χ0) is 21.2. The van der Waals surface area contributed by atoms with Crippen molar-refractivity contribution in [2.24, 2.45) is 0 Å². The first kappa shape index (κ1) is 23.0. The lowest BCUT2D eigenvalue weighted by atomic mass is 10.1. The van der Waals surface area contributed by atoms with Crippen LogP contribution in [0.15, 0.2) is 78.9 Å². The van der Waals surface area contributed by atoms with Gasteiger partial charge in [0, 0.05) is 5.57 Å². The van der Waals surface area contributed by atoms with Crippen LogP contribution in [0.2, 0.25) is 0 Å². The predicted molar refractivity (Wildman–Crippen MR) is 118 cm³/mol. The van der Waals surface area contributed by atoms with E-state index in [1.165, 1.54) is 11.1 Å². The highest BCUT2D eigenvalue weighted by atomic mass is 16.6. The zero-order valence-corrected chi connectivity index (χ0v) is 17.4. The van der Waals surface area contributed by atoms with Gasteiger partial charge >= 0.3 is 5.97 Å². The highest BCUT2D eigenvalue weighted by molar-refractivity contribution is 5.87. The van der Waals surface area contributed by atoms with E-state index >= 15 is 0 Å². The van der Waals surface area contributed by atoms with Crippen LogP contribution in [0.5, 0.6) is 5.75 Å². The predicted octanol–water partition coefficient (Wildman–Crippen LogP) is 6.41. The summed E-state index contributed by atoms with van der Waals surface area (Å²) in [6.45, 7) is 12.6. The molecule has 0 aliphatic carbocycles. The third kappa shape index (κ3) is 9.58. The Hall–Kier alpha value is -3.07. The van der Waals surface area contributed by atoms with Crippen molar-refractivity contribution >= 4 is 17.6 Å². The highest BCUT2D eigenvalue weighted by Gasteiger charge is 2.15. The van der Waals surface area contributed by atoms with Gasteiger partial charge in [-0.3, -0.25) is 0 Å². The van der Waals surface area contributed by atoms with E-state index < -0.39 is 5.60 Å². The molecular formula is C25H30O3. The molecule has 0 atom stereocenters. The third-order valence-corrected chi connectivity index (χ3v) is 3.50. The van der Waals surface area contributed by atoms with Crippen molar-refractivity contribution in [3.63, 3.8) is 0 Å². The van der Waals surface area contributed by atoms with Gasteiger partial charge in [-0.15, -0.1) is 0 Å². The van der Waals surface area contributed by atoms with E-state index in [4.69, 9.17) is 4.74 Å². The molecule has 0 saturated heterocycles. The van der Waals surface area contributed by atoms with Crippen LogP contribution < -0.4 is 0 Å². The maximum atomic E-state index is 10.8. The number of phenolic OH excluding ortho intramolecular Hbond substituents is 1. The van der Waals surface area contributed by atoms with Gasteiger partial charge in [0.1, 0.15) is 11.4 Å². The van der Waals surface area contributed by atoms with E-state index in [0.717, 1.165) is 5.56 Å². The molecule has 0 fully saturated rings. The number of allylic oxidation sites excluding steroid dienone is 3. The van der Waals surface area contributed by atoms with Crippen LogP contribution in [0.1, 0.15) is 45.7 Å². The fraction of sp³-hybridized carbons (Fsp3) is 0.240. The Labute approximate surface area is 168 Å². The van der Waals surface area contributed by atoms with Gasteiger partial charge in [-0.05, 0) is 63.5 Å². The van der Waals surface area contributed by atoms with Crippen LogP contribution in [0, 0.1) is 0 Å². The molecule has 0 saturated carbocycles. The number of hydrogen-bond acceptors (Lipinski definition) is 3. The second-order valence-electron chi connectivity index (χ2n) is 7.45. The summed E-state index contributed by atoms with van der Waals surface area (Å²) < 4.78 is 4.96. The summed E-state index contributed by atoms with van der Waals surface area (Å²) in [7, 11) is 0. The molecule has 0 amide bonds. The van der Waals surface area contributed by atoms with Gasteiger partial charge in [-0.1, -0.05) is 67.3 Å². The molecule has 0 aliphatic heterocycles. The number of ether oxygens (including phenoxy) is 1. The molecule has 3 heteroatoms. The molecule has 0 spiro atoms. The van der Waals surface area contributed by atoms with Crippen molar-refractivity contribution in [2.75, 3.05) is 0 Å². The Morgan fingerprint density at radius 3 is 2.04 bits per heavy atom. The monoisotopic (exact) mass is 378 g/mol. The molecule has 1 N–H and O–H groups in total. The standard InChI is InChI=1S/C17H16O.C8H14O2/c1-14(16-10-12-17(18)13-11-16)6-5-9-15-7-3-2-4-8-15;1-6(2)7(9)10-8(3,4)5/h2-13,18H,1H3;1H2,2-5H3. The number of hydrogen-bond donors (Lipinski definition) is 1. The fourth-order valence-electron chi connectivity index (χ4n) is 2.05. The smallest absolute Gasteiger partial charge is 0.333 e. The number of esters is 1. The van der Waals surface area contributed by atoms with Crippen LogP contribution in [-0.4, -0.2) is 16.7 Å². The molecule has 0 unspecified atom stereocenters. The number of phenols is 1. The number of rotatable bonds is 4. The average molecular weight is 379 g/mol. The molecule has 0 radical (unpaired) electrons. The molecular weight excluding hydrogens is 348 g/mol. The van der Waals surface area contributed by atoms with E-state index in [1.807, 2.05) is 57.2 Å². The Balaban J connectivity index is 0.000000336. The zero-order valence-electron chi connectivity index (χ0n) is 17.4. The average Bonchev–Trinajstić information content (AvgIpc) is 2.62. The number of carbonyl (C=O) groups excluding carboxylic acids is 1. The number of benzene rings is 2. The number of aromatic hydroxyl groups is 1. The quantitative estimate of drug-likeness (QED) is 0.380. The van der Waals surface area contributed by atoms with Gasteiger partial charge in [0.25, 0.3) is 0 Å². The van der Waals surface area contributed by atoms with Crippen LogP contribution in [0.4, 0.5) is 0 Å². The maximum absolute atomic E-state index is 10.8. The van der Waals surface area contributed by atoms with Gasteiger partial charge in [0.15, 0.2) is 0 Å². The first-order chi connectivity index (χ1) is 13.1. The summed E-state index contributed by atoms with van der Waals surface area (Å²) in [6.07, 6.45) is 6.18. The van der Waals surface area contributed by atoms with Crippen LogP contribution >= 0.6 is 0 Å². The first-order valence-corrected chi connectivity index (χ1v) is 9.17. The maximum Gasteiger partial charge on any atom is 0.333 e. The van der Waals surface area contributed by atoms with E-state index in [9.17, 15) is 9.90 Å². The molecule has 2 rings (SSSR count). The minimum atomic E-state index is -0.407. The summed E-state index contributed by atoms with van der Waals surface area (Å²) in [4.78, 5) is 10.8. The Morgan fingerprint density at radius 2 is 1.57 bits per heavy atom. The van der Waals surface area contributed by atoms with Crippen molar-refractivity contribution < 1.29 is 14.6 Å². The van der Waals surface area contributed by atoms with Gasteiger partial charge < -0.3 is 9.84 Å². The minimum Gasteiger partial charge on any atom is -0.508 e. The molecule has 0 aromatic heterocycles. The lowest BCUT2D eigenvalue weighted by Crippen LogP contribution is -2.23. The van der Waals surface area contributed by atoms with Crippen molar-refractivity contribution in [1.82, 2.24) is 0 Å².